The Bertz CT molecular complexity index is 1270. The number of nitrogens with one attached hydrogen (secondary N) is 2. The van der Waals surface area contributed by atoms with Crippen molar-refractivity contribution in [2.45, 2.75) is 53.8 Å². The Balaban J connectivity index is 1.94. The Morgan fingerprint density at radius 1 is 1.07 bits per heavy atom. The molecule has 1 atom stereocenters. The van der Waals surface area contributed by atoms with Crippen LogP contribution in [0.15, 0.2) is 30.3 Å². The molecular formula is C29H38ClF3N4O4S. The molecular weight excluding hydrogens is 593 g/mol. The number of ether oxygens (including phenoxy) is 1. The fourth-order valence-electron chi connectivity index (χ4n) is 4.67. The van der Waals surface area contributed by atoms with Crippen molar-refractivity contribution >= 4 is 52.0 Å². The smallest absolute Gasteiger partial charge is 0.370 e. The highest BCUT2D eigenvalue weighted by atomic mass is 35.5. The van der Waals surface area contributed by atoms with Crippen LogP contribution in [0.2, 0.25) is 4.34 Å². The zero-order valence-electron chi connectivity index (χ0n) is 24.7. The summed E-state index contributed by atoms with van der Waals surface area (Å²) in [7, 11) is 0. The number of carbonyl (C=O) groups excluding carboxylic acids is 3. The van der Waals surface area contributed by atoms with Crippen LogP contribution in [0, 0.1) is 10.8 Å². The van der Waals surface area contributed by atoms with Crippen LogP contribution in [0.25, 0.3) is 0 Å². The topological polar surface area (TPSA) is 91.0 Å². The van der Waals surface area contributed by atoms with E-state index >= 15 is 0 Å². The number of amides is 3. The Kier molecular flexibility index (Phi) is 10.7. The highest BCUT2D eigenvalue weighted by molar-refractivity contribution is 7.18. The molecule has 0 radical (unpaired) electrons. The van der Waals surface area contributed by atoms with Crippen LogP contribution in [-0.2, 0) is 20.5 Å². The molecule has 13 heteroatoms. The first-order chi connectivity index (χ1) is 19.3. The van der Waals surface area contributed by atoms with Gasteiger partial charge in [-0.1, -0.05) is 53.1 Å². The second-order valence-corrected chi connectivity index (χ2v) is 14.4. The summed E-state index contributed by atoms with van der Waals surface area (Å²) < 4.78 is 47.9. The maximum Gasteiger partial charge on any atom is 0.418 e. The second kappa shape index (κ2) is 13.3. The van der Waals surface area contributed by atoms with Gasteiger partial charge in [-0.15, -0.1) is 11.3 Å². The lowest BCUT2D eigenvalue weighted by molar-refractivity contribution is -0.137. The van der Waals surface area contributed by atoms with Crippen molar-refractivity contribution in [3.63, 3.8) is 0 Å². The standard InChI is InChI=1S/C29H38ClF3N4O4S/c1-27(2,3)16-36(17-28(4,5)6)21(14-34-26(40)22-9-10-23(30)42-22)25(39)35-18-7-8-20(19(13-18)29(31,32)33)37-11-12-41-15-24(37)38/h7-10,13,21H,11-12,14-17H2,1-6H3,(H,34,40)(H,35,39)/t21-/m1/s1. The maximum absolute atomic E-state index is 14.1. The normalized spacial score (nSPS) is 15.6. The van der Waals surface area contributed by atoms with Gasteiger partial charge in [-0.3, -0.25) is 19.3 Å². The minimum absolute atomic E-state index is 0.0145. The van der Waals surface area contributed by atoms with E-state index in [-0.39, 0.29) is 48.5 Å². The van der Waals surface area contributed by atoms with Gasteiger partial charge in [0.25, 0.3) is 11.8 Å². The van der Waals surface area contributed by atoms with Crippen LogP contribution in [0.1, 0.15) is 56.8 Å². The average Bonchev–Trinajstić information content (AvgIpc) is 3.28. The van der Waals surface area contributed by atoms with Gasteiger partial charge < -0.3 is 20.3 Å². The van der Waals surface area contributed by atoms with Gasteiger partial charge in [0.2, 0.25) is 5.91 Å². The Morgan fingerprint density at radius 2 is 1.71 bits per heavy atom. The third-order valence-electron chi connectivity index (χ3n) is 6.20. The van der Waals surface area contributed by atoms with Gasteiger partial charge in [-0.25, -0.2) is 0 Å². The number of nitrogens with zero attached hydrogens (tertiary/aromatic N) is 2. The van der Waals surface area contributed by atoms with Crippen molar-refractivity contribution in [1.82, 2.24) is 10.2 Å². The van der Waals surface area contributed by atoms with Crippen LogP contribution in [0.4, 0.5) is 24.5 Å². The molecule has 3 amide bonds. The van der Waals surface area contributed by atoms with Crippen molar-refractivity contribution in [2.75, 3.05) is 49.6 Å². The van der Waals surface area contributed by atoms with Crippen molar-refractivity contribution in [2.24, 2.45) is 10.8 Å². The summed E-state index contributed by atoms with van der Waals surface area (Å²) in [6.45, 7) is 12.8. The number of benzene rings is 1. The molecule has 42 heavy (non-hydrogen) atoms. The van der Waals surface area contributed by atoms with Crippen LogP contribution >= 0.6 is 22.9 Å². The fraction of sp³-hybridized carbons (Fsp3) is 0.552. The zero-order chi connectivity index (χ0) is 31.5. The zero-order valence-corrected chi connectivity index (χ0v) is 26.2. The van der Waals surface area contributed by atoms with E-state index in [1.54, 1.807) is 12.1 Å². The number of rotatable bonds is 9. The summed E-state index contributed by atoms with van der Waals surface area (Å²) in [6.07, 6.45) is -4.78. The van der Waals surface area contributed by atoms with Crippen LogP contribution in [0.3, 0.4) is 0 Å². The van der Waals surface area contributed by atoms with E-state index in [0.717, 1.165) is 22.3 Å². The third kappa shape index (κ3) is 9.68. The minimum atomic E-state index is -4.78. The van der Waals surface area contributed by atoms with Gasteiger partial charge in [-0.2, -0.15) is 13.2 Å². The first-order valence-corrected chi connectivity index (χ1v) is 14.7. The Morgan fingerprint density at radius 3 is 2.24 bits per heavy atom. The summed E-state index contributed by atoms with van der Waals surface area (Å²) in [4.78, 5) is 42.3. The lowest BCUT2D eigenvalue weighted by Gasteiger charge is -2.39. The highest BCUT2D eigenvalue weighted by Gasteiger charge is 2.38. The van der Waals surface area contributed by atoms with E-state index in [9.17, 15) is 27.6 Å². The molecule has 232 valence electrons. The molecule has 0 saturated carbocycles. The molecule has 2 heterocycles. The largest absolute Gasteiger partial charge is 0.418 e. The lowest BCUT2D eigenvalue weighted by Crippen LogP contribution is -2.54. The summed E-state index contributed by atoms with van der Waals surface area (Å²) in [5.41, 5.74) is -1.88. The van der Waals surface area contributed by atoms with Gasteiger partial charge in [0.1, 0.15) is 12.6 Å². The highest BCUT2D eigenvalue weighted by Crippen LogP contribution is 2.39. The van der Waals surface area contributed by atoms with E-state index in [2.05, 4.69) is 10.6 Å². The molecule has 1 aliphatic rings. The van der Waals surface area contributed by atoms with E-state index in [1.165, 1.54) is 12.1 Å². The van der Waals surface area contributed by atoms with E-state index < -0.39 is 35.5 Å². The third-order valence-corrected chi connectivity index (χ3v) is 7.43. The molecule has 0 aliphatic carbocycles. The number of thiophene rings is 1. The van der Waals surface area contributed by atoms with Crippen LogP contribution in [0.5, 0.6) is 0 Å². The Hall–Kier alpha value is -2.67. The molecule has 3 rings (SSSR count). The predicted octanol–water partition coefficient (Wildman–Crippen LogP) is 5.91. The Labute approximate surface area is 253 Å². The molecule has 1 fully saturated rings. The second-order valence-electron chi connectivity index (χ2n) is 12.7. The summed E-state index contributed by atoms with van der Waals surface area (Å²) in [6, 6.07) is 5.63. The first kappa shape index (κ1) is 33.8. The summed E-state index contributed by atoms with van der Waals surface area (Å²) >= 11 is 7.08. The van der Waals surface area contributed by atoms with Gasteiger partial charge in [0.15, 0.2) is 0 Å². The van der Waals surface area contributed by atoms with Gasteiger partial charge >= 0.3 is 6.18 Å². The number of hydrogen-bond donors (Lipinski definition) is 2. The van der Waals surface area contributed by atoms with Gasteiger partial charge in [0, 0.05) is 31.9 Å². The number of hydrogen-bond acceptors (Lipinski definition) is 6. The SMILES string of the molecule is CC(C)(C)CN(CC(C)(C)C)[C@H](CNC(=O)c1ccc(Cl)s1)C(=O)Nc1ccc(N2CCOCC2=O)c(C(F)(F)F)c1. The molecule has 1 aromatic heterocycles. The number of anilines is 2. The quantitative estimate of drug-likeness (QED) is 0.359. The molecule has 2 N–H and O–H groups in total. The number of halogens is 4. The lowest BCUT2D eigenvalue weighted by atomic mass is 9.90. The van der Waals surface area contributed by atoms with E-state index in [0.29, 0.717) is 22.3 Å². The summed E-state index contributed by atoms with van der Waals surface area (Å²) in [5, 5.41) is 5.43. The molecule has 0 spiro atoms. The molecule has 0 unspecified atom stereocenters. The van der Waals surface area contributed by atoms with Crippen molar-refractivity contribution < 1.29 is 32.3 Å². The van der Waals surface area contributed by atoms with Crippen molar-refractivity contribution in [1.29, 1.82) is 0 Å². The molecule has 2 aromatic rings. The van der Waals surface area contributed by atoms with E-state index in [4.69, 9.17) is 16.3 Å². The molecule has 0 bridgehead atoms. The maximum atomic E-state index is 14.1. The van der Waals surface area contributed by atoms with Crippen molar-refractivity contribution in [3.8, 4) is 0 Å². The number of alkyl halides is 3. The monoisotopic (exact) mass is 630 g/mol. The predicted molar refractivity (Wildman–Crippen MR) is 159 cm³/mol. The fourth-order valence-corrected chi connectivity index (χ4v) is 5.63. The molecule has 1 aliphatic heterocycles. The molecule has 1 aromatic carbocycles. The molecule has 1 saturated heterocycles. The first-order valence-electron chi connectivity index (χ1n) is 13.5. The summed E-state index contributed by atoms with van der Waals surface area (Å²) in [5.74, 6) is -1.56. The average molecular weight is 631 g/mol. The number of morpholine rings is 1. The van der Waals surface area contributed by atoms with Crippen molar-refractivity contribution in [3.05, 3.63) is 45.1 Å². The minimum Gasteiger partial charge on any atom is -0.370 e. The number of carbonyl (C=O) groups is 3. The van der Waals surface area contributed by atoms with Crippen LogP contribution < -0.4 is 15.5 Å². The van der Waals surface area contributed by atoms with E-state index in [1.807, 2.05) is 46.4 Å². The van der Waals surface area contributed by atoms with Gasteiger partial charge in [0.05, 0.1) is 27.1 Å². The van der Waals surface area contributed by atoms with Gasteiger partial charge in [-0.05, 0) is 41.2 Å². The van der Waals surface area contributed by atoms with Crippen LogP contribution in [-0.4, -0.2) is 68.1 Å². The molecule has 8 nitrogen and oxygen atoms in total.